The number of nitrogens with one attached hydrogen (secondary N) is 1. The Balaban J connectivity index is 0.000000348. The molecular formula is C41H59NO3S2. The molecule has 47 heavy (non-hydrogen) atoms. The van der Waals surface area contributed by atoms with Gasteiger partial charge in [0, 0.05) is 16.2 Å². The minimum Gasteiger partial charge on any atom is -0.507 e. The highest BCUT2D eigenvalue weighted by atomic mass is 32.2. The summed E-state index contributed by atoms with van der Waals surface area (Å²) in [5.74, 6) is 0.275. The summed E-state index contributed by atoms with van der Waals surface area (Å²) in [7, 11) is 0. The van der Waals surface area contributed by atoms with Crippen LogP contribution in [-0.4, -0.2) is 20.9 Å². The summed E-state index contributed by atoms with van der Waals surface area (Å²) in [6.45, 7) is 5.94. The molecule has 0 amide bonds. The predicted octanol–water partition coefficient (Wildman–Crippen LogP) is 12.3. The van der Waals surface area contributed by atoms with Crippen molar-refractivity contribution in [1.82, 2.24) is 0 Å². The van der Waals surface area contributed by atoms with E-state index in [-0.39, 0.29) is 12.2 Å². The topological polar surface area (TPSA) is 69.6 Å². The van der Waals surface area contributed by atoms with Crippen LogP contribution in [-0.2, 0) is 11.2 Å². The summed E-state index contributed by atoms with van der Waals surface area (Å²) >= 11 is 5.79. The van der Waals surface area contributed by atoms with Crippen LogP contribution in [0.2, 0.25) is 0 Å². The van der Waals surface area contributed by atoms with E-state index in [1.165, 1.54) is 105 Å². The van der Waals surface area contributed by atoms with E-state index >= 15 is 0 Å². The van der Waals surface area contributed by atoms with Gasteiger partial charge >= 0.3 is 0 Å². The number of hydrogen-bond donors (Lipinski definition) is 4. The first-order chi connectivity index (χ1) is 22.7. The van der Waals surface area contributed by atoms with Crippen LogP contribution in [0.3, 0.4) is 0 Å². The predicted molar refractivity (Wildman–Crippen MR) is 205 cm³/mol. The van der Waals surface area contributed by atoms with Crippen LogP contribution < -0.4 is 5.32 Å². The first-order valence-corrected chi connectivity index (χ1v) is 19.4. The zero-order valence-corrected chi connectivity index (χ0v) is 30.9. The van der Waals surface area contributed by atoms with Crippen molar-refractivity contribution in [3.8, 4) is 5.75 Å². The quantitative estimate of drug-likeness (QED) is 0.0554. The number of para-hydroxylation sites is 2. The van der Waals surface area contributed by atoms with Gasteiger partial charge in [-0.15, -0.1) is 12.6 Å². The van der Waals surface area contributed by atoms with E-state index in [4.69, 9.17) is 0 Å². The average molecular weight is 678 g/mol. The van der Waals surface area contributed by atoms with Crippen molar-refractivity contribution >= 4 is 40.9 Å². The molecule has 0 bridgehead atoms. The first kappa shape index (κ1) is 39.0. The molecule has 0 saturated carbocycles. The molecule has 1 aliphatic heterocycles. The van der Waals surface area contributed by atoms with Crippen molar-refractivity contribution in [3.63, 3.8) is 0 Å². The van der Waals surface area contributed by atoms with Crippen LogP contribution in [0.15, 0.2) is 70.5 Å². The number of carbonyl (C=O) groups excluding carboxylic acids is 1. The number of anilines is 2. The Labute approximate surface area is 295 Å². The SMILES string of the molecule is CCCCCCCCCCCCCCCCCCC(O)(Cc1cc(C)c(O)c(C)c1)C(=O)S.c1ccc2c(c1)Nc1ccccc1S2. The molecule has 1 unspecified atom stereocenters. The third kappa shape index (κ3) is 13.9. The van der Waals surface area contributed by atoms with E-state index in [0.29, 0.717) is 6.42 Å². The number of benzene rings is 3. The van der Waals surface area contributed by atoms with E-state index in [9.17, 15) is 15.0 Å². The van der Waals surface area contributed by atoms with Gasteiger partial charge in [-0.1, -0.05) is 158 Å². The van der Waals surface area contributed by atoms with Crippen molar-refractivity contribution in [2.75, 3.05) is 5.32 Å². The highest BCUT2D eigenvalue weighted by molar-refractivity contribution is 7.99. The van der Waals surface area contributed by atoms with Gasteiger partial charge in [0.25, 0.3) is 0 Å². The molecule has 1 atom stereocenters. The number of hydrogen-bond acceptors (Lipinski definition) is 5. The van der Waals surface area contributed by atoms with Gasteiger partial charge in [-0.05, 0) is 61.2 Å². The zero-order valence-electron chi connectivity index (χ0n) is 29.2. The molecule has 4 nitrogen and oxygen atoms in total. The van der Waals surface area contributed by atoms with E-state index < -0.39 is 10.7 Å². The van der Waals surface area contributed by atoms with Crippen LogP contribution in [0.4, 0.5) is 11.4 Å². The van der Waals surface area contributed by atoms with Crippen molar-refractivity contribution in [1.29, 1.82) is 0 Å². The number of rotatable bonds is 20. The molecule has 0 aromatic heterocycles. The number of fused-ring (bicyclic) bond motifs is 2. The maximum absolute atomic E-state index is 12.1. The summed E-state index contributed by atoms with van der Waals surface area (Å²) in [6, 6.07) is 20.4. The van der Waals surface area contributed by atoms with E-state index in [1.807, 2.05) is 37.7 Å². The van der Waals surface area contributed by atoms with Crippen molar-refractivity contribution in [3.05, 3.63) is 77.4 Å². The molecule has 0 saturated heterocycles. The van der Waals surface area contributed by atoms with Gasteiger partial charge < -0.3 is 15.5 Å². The number of carbonyl (C=O) groups is 1. The first-order valence-electron chi connectivity index (χ1n) is 18.1. The van der Waals surface area contributed by atoms with Crippen LogP contribution in [0.25, 0.3) is 0 Å². The number of unbranched alkanes of at least 4 members (excludes halogenated alkanes) is 15. The lowest BCUT2D eigenvalue weighted by Gasteiger charge is -2.25. The molecule has 3 aromatic carbocycles. The molecule has 1 aliphatic rings. The van der Waals surface area contributed by atoms with Gasteiger partial charge in [-0.2, -0.15) is 0 Å². The van der Waals surface area contributed by atoms with Gasteiger partial charge in [0.05, 0.1) is 11.4 Å². The zero-order chi connectivity index (χ0) is 33.9. The summed E-state index contributed by atoms with van der Waals surface area (Å²) in [6.07, 6.45) is 21.5. The lowest BCUT2D eigenvalue weighted by Crippen LogP contribution is -2.38. The maximum Gasteiger partial charge on any atom is 0.217 e. The number of aromatic hydroxyl groups is 1. The highest BCUT2D eigenvalue weighted by Gasteiger charge is 2.33. The molecule has 0 radical (unpaired) electrons. The van der Waals surface area contributed by atoms with Crippen LogP contribution >= 0.6 is 24.4 Å². The number of aliphatic hydroxyl groups is 1. The highest BCUT2D eigenvalue weighted by Crippen LogP contribution is 2.43. The molecule has 0 spiro atoms. The second-order valence-electron chi connectivity index (χ2n) is 13.4. The van der Waals surface area contributed by atoms with Crippen molar-refractivity contribution < 1.29 is 15.0 Å². The fraction of sp³-hybridized carbons (Fsp3) is 0.537. The summed E-state index contributed by atoms with van der Waals surface area (Å²) in [4.78, 5) is 14.7. The molecule has 0 aliphatic carbocycles. The molecule has 0 fully saturated rings. The lowest BCUT2D eigenvalue weighted by molar-refractivity contribution is -0.128. The molecule has 1 heterocycles. The van der Waals surface area contributed by atoms with E-state index in [2.05, 4.69) is 73.4 Å². The fourth-order valence-electron chi connectivity index (χ4n) is 6.30. The van der Waals surface area contributed by atoms with Gasteiger partial charge in [-0.3, -0.25) is 4.79 Å². The minimum atomic E-state index is -1.44. The molecule has 4 rings (SSSR count). The molecule has 6 heteroatoms. The summed E-state index contributed by atoms with van der Waals surface area (Å²) in [5.41, 5.74) is 3.37. The molecule has 3 N–H and O–H groups in total. The summed E-state index contributed by atoms with van der Waals surface area (Å²) < 4.78 is 0. The summed E-state index contributed by atoms with van der Waals surface area (Å²) in [5, 5.41) is 23.8. The number of thiol groups is 1. The van der Waals surface area contributed by atoms with Gasteiger partial charge in [-0.25, -0.2) is 0 Å². The second kappa shape index (κ2) is 21.5. The largest absolute Gasteiger partial charge is 0.507 e. The normalized spacial score (nSPS) is 13.0. The standard InChI is InChI=1S/C29H50O3S.C12H9NS/c1-4-5-6-7-8-9-10-11-12-13-14-15-16-17-18-19-20-29(32,28(31)33)23-26-21-24(2)27(30)25(3)22-26;1-3-7-11-9(5-1)13-10-6-2-4-8-12(10)14-11/h21-22,30,32H,4-20,23H2,1-3H3,(H,31,33);1-8,13H. The molecule has 3 aromatic rings. The van der Waals surface area contributed by atoms with Gasteiger partial charge in [0.2, 0.25) is 5.12 Å². The molecular weight excluding hydrogens is 619 g/mol. The Morgan fingerprint density at radius 3 is 1.53 bits per heavy atom. The average Bonchev–Trinajstić information content (AvgIpc) is 3.06. The Hall–Kier alpha value is -2.41. The Bertz CT molecular complexity index is 1250. The third-order valence-corrected chi connectivity index (χ3v) is 10.7. The fourth-order valence-corrected chi connectivity index (χ4v) is 7.48. The number of phenolic OH excluding ortho intramolecular Hbond substituents is 1. The molecule has 258 valence electrons. The Kier molecular flexibility index (Phi) is 17.9. The maximum atomic E-state index is 12.1. The van der Waals surface area contributed by atoms with Crippen LogP contribution in [0.1, 0.15) is 133 Å². The van der Waals surface area contributed by atoms with Crippen molar-refractivity contribution in [2.24, 2.45) is 0 Å². The second-order valence-corrected chi connectivity index (χ2v) is 14.9. The smallest absolute Gasteiger partial charge is 0.217 e. The minimum absolute atomic E-state index is 0.246. The monoisotopic (exact) mass is 677 g/mol. The number of phenols is 1. The van der Waals surface area contributed by atoms with Crippen LogP contribution in [0, 0.1) is 13.8 Å². The number of aryl methyl sites for hydroxylation is 2. The Morgan fingerprint density at radius 2 is 1.11 bits per heavy atom. The van der Waals surface area contributed by atoms with Crippen molar-refractivity contribution in [2.45, 2.75) is 152 Å². The lowest BCUT2D eigenvalue weighted by atomic mass is 9.88. The van der Waals surface area contributed by atoms with Crippen LogP contribution in [0.5, 0.6) is 5.75 Å². The van der Waals surface area contributed by atoms with E-state index in [0.717, 1.165) is 36.0 Å². The third-order valence-electron chi connectivity index (χ3n) is 9.15. The van der Waals surface area contributed by atoms with E-state index in [1.54, 1.807) is 0 Å². The van der Waals surface area contributed by atoms with Gasteiger partial charge in [0.1, 0.15) is 11.4 Å². The Morgan fingerprint density at radius 1 is 0.702 bits per heavy atom. The van der Waals surface area contributed by atoms with Gasteiger partial charge in [0.15, 0.2) is 0 Å².